The van der Waals surface area contributed by atoms with E-state index in [0.29, 0.717) is 18.7 Å². The van der Waals surface area contributed by atoms with Crippen molar-refractivity contribution in [3.8, 4) is 0 Å². The van der Waals surface area contributed by atoms with E-state index < -0.39 is 5.97 Å². The monoisotopic (exact) mass is 260 g/mol. The van der Waals surface area contributed by atoms with Gasteiger partial charge in [0, 0.05) is 13.2 Å². The Kier molecular flexibility index (Phi) is 3.21. The number of hydrogen-bond acceptors (Lipinski definition) is 3. The first kappa shape index (κ1) is 12.2. The molecule has 0 spiro atoms. The van der Waals surface area contributed by atoms with E-state index in [2.05, 4.69) is 4.98 Å². The summed E-state index contributed by atoms with van der Waals surface area (Å²) in [5.74, 6) is -0.182. The van der Waals surface area contributed by atoms with Crippen molar-refractivity contribution in [2.75, 3.05) is 13.2 Å². The highest BCUT2D eigenvalue weighted by Crippen LogP contribution is 2.28. The summed E-state index contributed by atoms with van der Waals surface area (Å²) in [6, 6.07) is 5.20. The molecule has 0 unspecified atom stereocenters. The van der Waals surface area contributed by atoms with Gasteiger partial charge in [-0.3, -0.25) is 0 Å². The Hall–Kier alpha value is -1.88. The summed E-state index contributed by atoms with van der Waals surface area (Å²) in [6.07, 6.45) is 4.25. The van der Waals surface area contributed by atoms with E-state index >= 15 is 0 Å². The molecule has 0 saturated heterocycles. The summed E-state index contributed by atoms with van der Waals surface area (Å²) in [4.78, 5) is 15.3. The Balaban J connectivity index is 1.72. The third kappa shape index (κ3) is 2.61. The first-order chi connectivity index (χ1) is 9.25. The fourth-order valence-electron chi connectivity index (χ4n) is 2.14. The Morgan fingerprint density at radius 3 is 3.05 bits per heavy atom. The van der Waals surface area contributed by atoms with Crippen LogP contribution in [0.3, 0.4) is 0 Å². The number of para-hydroxylation sites is 1. The maximum Gasteiger partial charge on any atom is 0.337 e. The average Bonchev–Trinajstić information content (AvgIpc) is 3.14. The summed E-state index contributed by atoms with van der Waals surface area (Å²) < 4.78 is 7.53. The van der Waals surface area contributed by atoms with E-state index in [1.165, 1.54) is 12.8 Å². The molecule has 0 bridgehead atoms. The number of fused-ring (bicyclic) bond motifs is 1. The number of aromatic nitrogens is 2. The van der Waals surface area contributed by atoms with Crippen molar-refractivity contribution in [3.05, 3.63) is 30.1 Å². The third-order valence-corrected chi connectivity index (χ3v) is 3.41. The minimum atomic E-state index is -0.944. The van der Waals surface area contributed by atoms with Crippen molar-refractivity contribution in [1.29, 1.82) is 0 Å². The molecule has 1 aromatic heterocycles. The molecule has 19 heavy (non-hydrogen) atoms. The van der Waals surface area contributed by atoms with Crippen molar-refractivity contribution >= 4 is 17.0 Å². The molecule has 5 nitrogen and oxygen atoms in total. The lowest BCUT2D eigenvalue weighted by Crippen LogP contribution is -2.06. The van der Waals surface area contributed by atoms with Crippen LogP contribution >= 0.6 is 0 Å². The second-order valence-corrected chi connectivity index (χ2v) is 4.93. The Bertz CT molecular complexity index is 602. The van der Waals surface area contributed by atoms with Crippen LogP contribution in [0.25, 0.3) is 11.0 Å². The molecule has 3 rings (SSSR count). The largest absolute Gasteiger partial charge is 0.478 e. The molecule has 0 aliphatic heterocycles. The maximum absolute atomic E-state index is 11.1. The minimum Gasteiger partial charge on any atom is -0.478 e. The Labute approximate surface area is 110 Å². The van der Waals surface area contributed by atoms with Crippen LogP contribution in [0.1, 0.15) is 23.2 Å². The highest BCUT2D eigenvalue weighted by atomic mass is 16.5. The number of benzene rings is 1. The number of aromatic carboxylic acids is 1. The summed E-state index contributed by atoms with van der Waals surface area (Å²) in [7, 11) is 0. The van der Waals surface area contributed by atoms with Gasteiger partial charge in [-0.2, -0.15) is 0 Å². The van der Waals surface area contributed by atoms with E-state index in [1.54, 1.807) is 18.5 Å². The fraction of sp³-hybridized carbons (Fsp3) is 0.429. The minimum absolute atomic E-state index is 0.246. The molecule has 0 radical (unpaired) electrons. The predicted octanol–water partition coefficient (Wildman–Crippen LogP) is 2.16. The van der Waals surface area contributed by atoms with Gasteiger partial charge in [-0.25, -0.2) is 9.78 Å². The van der Waals surface area contributed by atoms with Crippen molar-refractivity contribution in [2.24, 2.45) is 5.92 Å². The van der Waals surface area contributed by atoms with Crippen LogP contribution in [0, 0.1) is 5.92 Å². The van der Waals surface area contributed by atoms with Crippen LogP contribution in [0.4, 0.5) is 0 Å². The van der Waals surface area contributed by atoms with Gasteiger partial charge in [-0.15, -0.1) is 0 Å². The number of imidazole rings is 1. The van der Waals surface area contributed by atoms with Gasteiger partial charge >= 0.3 is 5.97 Å². The molecular formula is C14H16N2O3. The molecule has 0 atom stereocenters. The quantitative estimate of drug-likeness (QED) is 0.808. The maximum atomic E-state index is 11.1. The van der Waals surface area contributed by atoms with Crippen LogP contribution < -0.4 is 0 Å². The number of rotatable bonds is 6. The van der Waals surface area contributed by atoms with Gasteiger partial charge in [0.15, 0.2) is 0 Å². The highest BCUT2D eigenvalue weighted by molar-refractivity contribution is 6.00. The number of carboxylic acids is 1. The summed E-state index contributed by atoms with van der Waals surface area (Å²) in [5.41, 5.74) is 1.63. The summed E-state index contributed by atoms with van der Waals surface area (Å²) in [6.45, 7) is 2.18. The standard InChI is InChI=1S/C14H16N2O3/c17-14(18)11-2-1-3-12-13(11)15-9-16(12)6-7-19-8-10-4-5-10/h1-3,9-10H,4-8H2,(H,17,18). The van der Waals surface area contributed by atoms with Gasteiger partial charge in [-0.1, -0.05) is 6.07 Å². The normalized spacial score (nSPS) is 14.9. The SMILES string of the molecule is O=C(O)c1cccc2c1ncn2CCOCC1CC1. The van der Waals surface area contributed by atoms with E-state index in [9.17, 15) is 4.79 Å². The van der Waals surface area contributed by atoms with E-state index in [1.807, 2.05) is 10.6 Å². The van der Waals surface area contributed by atoms with Gasteiger partial charge in [-0.05, 0) is 30.9 Å². The fourth-order valence-corrected chi connectivity index (χ4v) is 2.14. The summed E-state index contributed by atoms with van der Waals surface area (Å²) in [5, 5.41) is 9.10. The number of nitrogens with zero attached hydrogens (tertiary/aromatic N) is 2. The smallest absolute Gasteiger partial charge is 0.337 e. The van der Waals surface area contributed by atoms with Gasteiger partial charge in [0.2, 0.25) is 0 Å². The Morgan fingerprint density at radius 2 is 2.32 bits per heavy atom. The van der Waals surface area contributed by atoms with Crippen LogP contribution in [0.2, 0.25) is 0 Å². The predicted molar refractivity (Wildman–Crippen MR) is 70.2 cm³/mol. The zero-order chi connectivity index (χ0) is 13.2. The lowest BCUT2D eigenvalue weighted by atomic mass is 10.2. The van der Waals surface area contributed by atoms with Crippen molar-refractivity contribution in [1.82, 2.24) is 9.55 Å². The molecular weight excluding hydrogens is 244 g/mol. The van der Waals surface area contributed by atoms with Gasteiger partial charge in [0.05, 0.1) is 24.0 Å². The lowest BCUT2D eigenvalue weighted by Gasteiger charge is -2.05. The molecule has 5 heteroatoms. The van der Waals surface area contributed by atoms with E-state index in [-0.39, 0.29) is 5.56 Å². The molecule has 0 amide bonds. The molecule has 1 N–H and O–H groups in total. The van der Waals surface area contributed by atoms with E-state index in [0.717, 1.165) is 18.0 Å². The van der Waals surface area contributed by atoms with Crippen molar-refractivity contribution in [3.63, 3.8) is 0 Å². The zero-order valence-electron chi connectivity index (χ0n) is 10.6. The number of ether oxygens (including phenoxy) is 1. The van der Waals surface area contributed by atoms with E-state index in [4.69, 9.17) is 9.84 Å². The van der Waals surface area contributed by atoms with Crippen molar-refractivity contribution in [2.45, 2.75) is 19.4 Å². The van der Waals surface area contributed by atoms with Gasteiger partial charge in [0.25, 0.3) is 0 Å². The molecule has 2 aromatic rings. The number of carbonyl (C=O) groups is 1. The van der Waals surface area contributed by atoms with Crippen LogP contribution in [0.5, 0.6) is 0 Å². The van der Waals surface area contributed by atoms with Crippen molar-refractivity contribution < 1.29 is 14.6 Å². The highest BCUT2D eigenvalue weighted by Gasteiger charge is 2.21. The molecule has 1 aliphatic rings. The molecule has 1 heterocycles. The second-order valence-electron chi connectivity index (χ2n) is 4.93. The third-order valence-electron chi connectivity index (χ3n) is 3.41. The lowest BCUT2D eigenvalue weighted by molar-refractivity contribution is 0.0699. The van der Waals surface area contributed by atoms with Crippen LogP contribution in [-0.2, 0) is 11.3 Å². The first-order valence-corrected chi connectivity index (χ1v) is 6.50. The molecule has 1 aliphatic carbocycles. The average molecular weight is 260 g/mol. The Morgan fingerprint density at radius 1 is 1.47 bits per heavy atom. The number of carboxylic acid groups (broad SMARTS) is 1. The van der Waals surface area contributed by atoms with Gasteiger partial charge < -0.3 is 14.4 Å². The number of hydrogen-bond donors (Lipinski definition) is 1. The van der Waals surface area contributed by atoms with Crippen LogP contribution in [-0.4, -0.2) is 33.8 Å². The molecule has 1 saturated carbocycles. The summed E-state index contributed by atoms with van der Waals surface area (Å²) >= 11 is 0. The first-order valence-electron chi connectivity index (χ1n) is 6.50. The second kappa shape index (κ2) is 5.01. The van der Waals surface area contributed by atoms with Gasteiger partial charge in [0.1, 0.15) is 5.52 Å². The molecule has 100 valence electrons. The topological polar surface area (TPSA) is 64.3 Å². The zero-order valence-corrected chi connectivity index (χ0v) is 10.6. The molecule has 1 fully saturated rings. The molecule has 1 aromatic carbocycles. The van der Waals surface area contributed by atoms with Crippen LogP contribution in [0.15, 0.2) is 24.5 Å².